The van der Waals surface area contributed by atoms with Crippen molar-refractivity contribution < 1.29 is 4.79 Å². The highest BCUT2D eigenvalue weighted by Gasteiger charge is 2.45. The minimum atomic E-state index is -0.166. The molecule has 0 aromatic carbocycles. The molecule has 0 spiro atoms. The van der Waals surface area contributed by atoms with Crippen LogP contribution in [0, 0.1) is 6.92 Å². The zero-order chi connectivity index (χ0) is 8.60. The third-order valence-corrected chi connectivity index (χ3v) is 3.41. The highest BCUT2D eigenvalue weighted by atomic mass is 32.1. The summed E-state index contributed by atoms with van der Waals surface area (Å²) in [5.74, 6) is 0. The van der Waals surface area contributed by atoms with Gasteiger partial charge in [-0.25, -0.2) is 4.79 Å². The van der Waals surface area contributed by atoms with Gasteiger partial charge in [0.2, 0.25) is 6.08 Å². The zero-order valence-corrected chi connectivity index (χ0v) is 7.65. The van der Waals surface area contributed by atoms with Gasteiger partial charge in [-0.15, -0.1) is 11.3 Å². The topological polar surface area (TPSA) is 29.4 Å². The molecule has 0 amide bonds. The Bertz CT molecular complexity index is 345. The van der Waals surface area contributed by atoms with Gasteiger partial charge in [0.25, 0.3) is 0 Å². The van der Waals surface area contributed by atoms with E-state index in [0.717, 1.165) is 12.8 Å². The summed E-state index contributed by atoms with van der Waals surface area (Å²) in [6, 6.07) is 2.11. The van der Waals surface area contributed by atoms with Gasteiger partial charge in [0.15, 0.2) is 0 Å². The van der Waals surface area contributed by atoms with Crippen LogP contribution in [-0.4, -0.2) is 6.08 Å². The van der Waals surface area contributed by atoms with E-state index < -0.39 is 0 Å². The molecule has 1 aliphatic carbocycles. The lowest BCUT2D eigenvalue weighted by molar-refractivity contribution is 0.557. The minimum absolute atomic E-state index is 0.166. The second kappa shape index (κ2) is 2.54. The van der Waals surface area contributed by atoms with Gasteiger partial charge in [0, 0.05) is 4.88 Å². The molecule has 1 heterocycles. The summed E-state index contributed by atoms with van der Waals surface area (Å²) in [5.41, 5.74) is 1.09. The first kappa shape index (κ1) is 7.71. The Labute approximate surface area is 74.9 Å². The highest BCUT2D eigenvalue weighted by Crippen LogP contribution is 2.51. The molecular weight excluding hydrogens is 170 g/mol. The van der Waals surface area contributed by atoms with Crippen LogP contribution >= 0.6 is 11.3 Å². The van der Waals surface area contributed by atoms with E-state index in [-0.39, 0.29) is 5.54 Å². The summed E-state index contributed by atoms with van der Waals surface area (Å²) >= 11 is 1.69. The maximum Gasteiger partial charge on any atom is 0.235 e. The number of nitrogens with zero attached hydrogens (tertiary/aromatic N) is 1. The van der Waals surface area contributed by atoms with Crippen LogP contribution < -0.4 is 0 Å². The van der Waals surface area contributed by atoms with Crippen LogP contribution in [0.1, 0.15) is 23.3 Å². The molecule has 12 heavy (non-hydrogen) atoms. The Hall–Kier alpha value is -0.920. The fraction of sp³-hybridized carbons (Fsp3) is 0.444. The van der Waals surface area contributed by atoms with Crippen molar-refractivity contribution in [3.63, 3.8) is 0 Å². The van der Waals surface area contributed by atoms with E-state index in [2.05, 4.69) is 23.4 Å². The number of hydrogen-bond donors (Lipinski definition) is 0. The molecule has 0 N–H and O–H groups in total. The molecule has 62 valence electrons. The van der Waals surface area contributed by atoms with Crippen LogP contribution in [0.5, 0.6) is 0 Å². The third-order valence-electron chi connectivity index (χ3n) is 2.17. The Morgan fingerprint density at radius 2 is 2.42 bits per heavy atom. The largest absolute Gasteiger partial charge is 0.235 e. The molecular formula is C9H9NOS. The Morgan fingerprint density at radius 3 is 2.83 bits per heavy atom. The third kappa shape index (κ3) is 1.11. The smallest absolute Gasteiger partial charge is 0.211 e. The van der Waals surface area contributed by atoms with Gasteiger partial charge in [-0.3, -0.25) is 0 Å². The molecule has 0 saturated heterocycles. The lowest BCUT2D eigenvalue weighted by Gasteiger charge is -2.01. The first-order valence-corrected chi connectivity index (χ1v) is 4.79. The summed E-state index contributed by atoms with van der Waals surface area (Å²) < 4.78 is 0. The minimum Gasteiger partial charge on any atom is -0.211 e. The van der Waals surface area contributed by atoms with Crippen molar-refractivity contribution in [1.82, 2.24) is 0 Å². The number of hydrogen-bond acceptors (Lipinski definition) is 3. The maximum atomic E-state index is 10.2. The lowest BCUT2D eigenvalue weighted by Crippen LogP contribution is -1.97. The van der Waals surface area contributed by atoms with Crippen molar-refractivity contribution >= 4 is 17.4 Å². The predicted molar refractivity (Wildman–Crippen MR) is 48.1 cm³/mol. The van der Waals surface area contributed by atoms with E-state index in [9.17, 15) is 4.79 Å². The monoisotopic (exact) mass is 179 g/mol. The van der Waals surface area contributed by atoms with Gasteiger partial charge in [-0.05, 0) is 36.8 Å². The van der Waals surface area contributed by atoms with Gasteiger partial charge in [-0.1, -0.05) is 0 Å². The molecule has 0 bridgehead atoms. The van der Waals surface area contributed by atoms with Crippen LogP contribution in [-0.2, 0) is 10.3 Å². The molecule has 2 rings (SSSR count). The summed E-state index contributed by atoms with van der Waals surface area (Å²) in [5, 5.41) is 2.09. The number of aliphatic imine (C=N–C) groups is 1. The lowest BCUT2D eigenvalue weighted by atomic mass is 10.2. The molecule has 0 radical (unpaired) electrons. The fourth-order valence-electron chi connectivity index (χ4n) is 1.29. The molecule has 0 atom stereocenters. The highest BCUT2D eigenvalue weighted by molar-refractivity contribution is 7.10. The van der Waals surface area contributed by atoms with Gasteiger partial charge >= 0.3 is 0 Å². The normalized spacial score (nSPS) is 18.4. The standard InChI is InChI=1S/C9H9NOS/c1-7-4-8(12-5-7)9(2-3-9)10-6-11/h4-5H,2-3H2,1H3. The second-order valence-corrected chi connectivity index (χ2v) is 4.13. The van der Waals surface area contributed by atoms with E-state index in [4.69, 9.17) is 0 Å². The number of thiophene rings is 1. The van der Waals surface area contributed by atoms with Gasteiger partial charge < -0.3 is 0 Å². The number of aryl methyl sites for hydroxylation is 1. The molecule has 3 heteroatoms. The summed E-state index contributed by atoms with van der Waals surface area (Å²) in [6.45, 7) is 2.06. The van der Waals surface area contributed by atoms with Gasteiger partial charge in [-0.2, -0.15) is 4.99 Å². The van der Waals surface area contributed by atoms with Crippen molar-refractivity contribution in [2.24, 2.45) is 4.99 Å². The molecule has 1 fully saturated rings. The second-order valence-electron chi connectivity index (χ2n) is 3.22. The molecule has 2 nitrogen and oxygen atoms in total. The van der Waals surface area contributed by atoms with E-state index in [0.29, 0.717) is 0 Å². The fourth-order valence-corrected chi connectivity index (χ4v) is 2.40. The van der Waals surface area contributed by atoms with Crippen LogP contribution in [0.4, 0.5) is 0 Å². The van der Waals surface area contributed by atoms with Crippen molar-refractivity contribution in [2.75, 3.05) is 0 Å². The molecule has 1 aromatic heterocycles. The van der Waals surface area contributed by atoms with Gasteiger partial charge in [0.05, 0.1) is 0 Å². The SMILES string of the molecule is Cc1csc(C2(N=C=O)CC2)c1. The van der Waals surface area contributed by atoms with E-state index in [1.165, 1.54) is 10.4 Å². The quantitative estimate of drug-likeness (QED) is 0.506. The number of rotatable bonds is 2. The van der Waals surface area contributed by atoms with Gasteiger partial charge in [0.1, 0.15) is 5.54 Å². The predicted octanol–water partition coefficient (Wildman–Crippen LogP) is 2.38. The van der Waals surface area contributed by atoms with Crippen molar-refractivity contribution in [2.45, 2.75) is 25.3 Å². The Balaban J connectivity index is 2.36. The molecule has 0 aliphatic heterocycles. The average molecular weight is 179 g/mol. The molecule has 0 unspecified atom stereocenters. The molecule has 1 aromatic rings. The van der Waals surface area contributed by atoms with E-state index in [1.54, 1.807) is 17.4 Å². The summed E-state index contributed by atoms with van der Waals surface area (Å²) in [4.78, 5) is 15.2. The van der Waals surface area contributed by atoms with E-state index >= 15 is 0 Å². The Morgan fingerprint density at radius 1 is 1.67 bits per heavy atom. The first-order chi connectivity index (χ1) is 5.77. The van der Waals surface area contributed by atoms with Crippen LogP contribution in [0.15, 0.2) is 16.4 Å². The summed E-state index contributed by atoms with van der Waals surface area (Å²) in [6.07, 6.45) is 3.66. The van der Waals surface area contributed by atoms with E-state index in [1.807, 2.05) is 0 Å². The zero-order valence-electron chi connectivity index (χ0n) is 6.83. The van der Waals surface area contributed by atoms with Crippen molar-refractivity contribution in [1.29, 1.82) is 0 Å². The molecule has 1 saturated carbocycles. The van der Waals surface area contributed by atoms with Crippen molar-refractivity contribution in [3.05, 3.63) is 21.9 Å². The molecule has 1 aliphatic rings. The van der Waals surface area contributed by atoms with Crippen LogP contribution in [0.2, 0.25) is 0 Å². The first-order valence-electron chi connectivity index (χ1n) is 3.91. The Kier molecular flexibility index (Phi) is 1.63. The van der Waals surface area contributed by atoms with Crippen LogP contribution in [0.25, 0.3) is 0 Å². The van der Waals surface area contributed by atoms with Crippen molar-refractivity contribution in [3.8, 4) is 0 Å². The maximum absolute atomic E-state index is 10.2. The summed E-state index contributed by atoms with van der Waals surface area (Å²) in [7, 11) is 0. The average Bonchev–Trinajstić information content (AvgIpc) is 2.69. The number of isocyanates is 1. The number of carbonyl (C=O) groups excluding carboxylic acids is 1. The van der Waals surface area contributed by atoms with Crippen LogP contribution in [0.3, 0.4) is 0 Å².